The second-order valence-corrected chi connectivity index (χ2v) is 8.86. The van der Waals surface area contributed by atoms with Gasteiger partial charge in [0.2, 0.25) is 5.91 Å². The normalized spacial score (nSPS) is 29.5. The smallest absolute Gasteiger partial charge is 0.328 e. The number of hydrogen-bond donors (Lipinski definition) is 1. The number of imide groups is 1. The summed E-state index contributed by atoms with van der Waals surface area (Å²) >= 11 is 0. The van der Waals surface area contributed by atoms with E-state index < -0.39 is 41.9 Å². The Hall–Kier alpha value is -3.10. The van der Waals surface area contributed by atoms with Gasteiger partial charge in [0.05, 0.1) is 14.2 Å². The van der Waals surface area contributed by atoms with Crippen LogP contribution in [0.2, 0.25) is 0 Å². The third-order valence-electron chi connectivity index (χ3n) is 7.09. The van der Waals surface area contributed by atoms with Crippen molar-refractivity contribution in [2.75, 3.05) is 20.8 Å². The number of urea groups is 1. The molecule has 1 aliphatic carbocycles. The van der Waals surface area contributed by atoms with Gasteiger partial charge in [-0.25, -0.2) is 9.59 Å². The minimum atomic E-state index is -1.29. The summed E-state index contributed by atoms with van der Waals surface area (Å²) in [5, 5.41) is 2.72. The molecule has 2 saturated heterocycles. The fourth-order valence-corrected chi connectivity index (χ4v) is 5.34. The van der Waals surface area contributed by atoms with Gasteiger partial charge >= 0.3 is 12.0 Å². The van der Waals surface area contributed by atoms with Gasteiger partial charge in [0, 0.05) is 6.04 Å². The standard InChI is InChI=1S/C23H29N3O6/c1-23(15-8-10-16(31-2)11-9-15)21(29)25(22(30)24-23)13-19(27)26-17-7-5-4-6-14(17)12-18(26)20(28)32-3/h8-11,14,17-18H,4-7,12-13H2,1-3H3,(H,24,30). The lowest BCUT2D eigenvalue weighted by Gasteiger charge is -2.34. The topological polar surface area (TPSA) is 105 Å². The van der Waals surface area contributed by atoms with Gasteiger partial charge in [0.25, 0.3) is 5.91 Å². The molecule has 172 valence electrons. The Morgan fingerprint density at radius 2 is 1.81 bits per heavy atom. The summed E-state index contributed by atoms with van der Waals surface area (Å²) in [4.78, 5) is 54.2. The Kier molecular flexibility index (Phi) is 5.83. The van der Waals surface area contributed by atoms with Gasteiger partial charge in [-0.05, 0) is 49.8 Å². The first-order valence-electron chi connectivity index (χ1n) is 11.0. The molecule has 1 aromatic carbocycles. The molecule has 4 atom stereocenters. The molecule has 3 fully saturated rings. The molecule has 9 nitrogen and oxygen atoms in total. The van der Waals surface area contributed by atoms with Crippen molar-refractivity contribution in [3.63, 3.8) is 0 Å². The second-order valence-electron chi connectivity index (χ2n) is 8.86. The third-order valence-corrected chi connectivity index (χ3v) is 7.09. The maximum atomic E-state index is 13.3. The molecule has 2 heterocycles. The molecule has 32 heavy (non-hydrogen) atoms. The highest BCUT2D eigenvalue weighted by Crippen LogP contribution is 2.40. The van der Waals surface area contributed by atoms with Crippen molar-refractivity contribution in [1.29, 1.82) is 0 Å². The van der Waals surface area contributed by atoms with Crippen molar-refractivity contribution >= 4 is 23.8 Å². The molecule has 9 heteroatoms. The first-order valence-corrected chi connectivity index (χ1v) is 11.0. The van der Waals surface area contributed by atoms with Gasteiger partial charge in [-0.2, -0.15) is 0 Å². The highest BCUT2D eigenvalue weighted by Gasteiger charge is 2.52. The van der Waals surface area contributed by atoms with E-state index in [9.17, 15) is 19.2 Å². The van der Waals surface area contributed by atoms with E-state index in [1.165, 1.54) is 7.11 Å². The van der Waals surface area contributed by atoms with Crippen LogP contribution in [-0.4, -0.2) is 66.5 Å². The van der Waals surface area contributed by atoms with Crippen LogP contribution in [0.15, 0.2) is 24.3 Å². The fourth-order valence-electron chi connectivity index (χ4n) is 5.34. The Morgan fingerprint density at radius 1 is 1.12 bits per heavy atom. The number of methoxy groups -OCH3 is 2. The number of benzene rings is 1. The summed E-state index contributed by atoms with van der Waals surface area (Å²) in [6.45, 7) is 1.21. The molecule has 1 aromatic rings. The largest absolute Gasteiger partial charge is 0.497 e. The minimum Gasteiger partial charge on any atom is -0.497 e. The highest BCUT2D eigenvalue weighted by molar-refractivity contribution is 6.09. The first-order chi connectivity index (χ1) is 15.3. The molecular weight excluding hydrogens is 414 g/mol. The van der Waals surface area contributed by atoms with E-state index in [2.05, 4.69) is 5.32 Å². The number of amides is 4. The summed E-state index contributed by atoms with van der Waals surface area (Å²) in [6.07, 6.45) is 4.39. The van der Waals surface area contributed by atoms with Crippen molar-refractivity contribution in [3.8, 4) is 5.75 Å². The van der Waals surface area contributed by atoms with E-state index in [0.29, 0.717) is 17.7 Å². The van der Waals surface area contributed by atoms with Crippen LogP contribution < -0.4 is 10.1 Å². The molecule has 0 spiro atoms. The first kappa shape index (κ1) is 22.1. The lowest BCUT2D eigenvalue weighted by Crippen LogP contribution is -2.51. The van der Waals surface area contributed by atoms with Crippen LogP contribution in [0, 0.1) is 5.92 Å². The van der Waals surface area contributed by atoms with Crippen molar-refractivity contribution in [1.82, 2.24) is 15.1 Å². The van der Waals surface area contributed by atoms with Gasteiger partial charge in [-0.3, -0.25) is 14.5 Å². The van der Waals surface area contributed by atoms with E-state index in [4.69, 9.17) is 9.47 Å². The van der Waals surface area contributed by atoms with Gasteiger partial charge < -0.3 is 19.7 Å². The molecule has 4 unspecified atom stereocenters. The highest BCUT2D eigenvalue weighted by atomic mass is 16.5. The number of rotatable bonds is 5. The Balaban J connectivity index is 1.54. The van der Waals surface area contributed by atoms with Gasteiger partial charge in [0.15, 0.2) is 0 Å². The summed E-state index contributed by atoms with van der Waals surface area (Å²) in [6, 6.07) is 5.48. The van der Waals surface area contributed by atoms with Crippen molar-refractivity contribution < 1.29 is 28.7 Å². The number of esters is 1. The summed E-state index contributed by atoms with van der Waals surface area (Å²) in [5.74, 6) is -0.490. The molecule has 0 radical (unpaired) electrons. The molecule has 3 aliphatic rings. The van der Waals surface area contributed by atoms with E-state index in [1.54, 1.807) is 43.2 Å². The van der Waals surface area contributed by atoms with Crippen LogP contribution in [0.25, 0.3) is 0 Å². The number of nitrogens with zero attached hydrogens (tertiary/aromatic N) is 2. The zero-order valence-corrected chi connectivity index (χ0v) is 18.6. The Bertz CT molecular complexity index is 932. The Labute approximate surface area is 187 Å². The monoisotopic (exact) mass is 443 g/mol. The summed E-state index contributed by atoms with van der Waals surface area (Å²) in [7, 11) is 2.86. The van der Waals surface area contributed by atoms with E-state index >= 15 is 0 Å². The fraction of sp³-hybridized carbons (Fsp3) is 0.565. The number of ether oxygens (including phenoxy) is 2. The second kappa shape index (κ2) is 8.44. The molecular formula is C23H29N3O6. The maximum Gasteiger partial charge on any atom is 0.328 e. The maximum absolute atomic E-state index is 13.3. The molecule has 0 aromatic heterocycles. The SMILES string of the molecule is COC(=O)C1CC2CCCCC2N1C(=O)CN1C(=O)NC(C)(c2ccc(OC)cc2)C1=O. The third kappa shape index (κ3) is 3.59. The summed E-state index contributed by atoms with van der Waals surface area (Å²) < 4.78 is 10.1. The molecule has 4 rings (SSSR count). The Morgan fingerprint density at radius 3 is 2.47 bits per heavy atom. The zero-order chi connectivity index (χ0) is 23.0. The predicted octanol–water partition coefficient (Wildman–Crippen LogP) is 1.79. The predicted molar refractivity (Wildman–Crippen MR) is 114 cm³/mol. The molecule has 2 aliphatic heterocycles. The number of carbonyl (C=O) groups is 4. The zero-order valence-electron chi connectivity index (χ0n) is 18.6. The van der Waals surface area contributed by atoms with E-state index in [-0.39, 0.29) is 12.0 Å². The molecule has 1 N–H and O–H groups in total. The molecule has 1 saturated carbocycles. The van der Waals surface area contributed by atoms with Crippen LogP contribution in [0.3, 0.4) is 0 Å². The number of likely N-dealkylation sites (tertiary alicyclic amines) is 1. The average Bonchev–Trinajstić information content (AvgIpc) is 3.30. The number of nitrogens with one attached hydrogen (secondary N) is 1. The van der Waals surface area contributed by atoms with E-state index in [0.717, 1.165) is 30.6 Å². The van der Waals surface area contributed by atoms with Crippen molar-refractivity contribution in [2.24, 2.45) is 5.92 Å². The van der Waals surface area contributed by atoms with Gasteiger partial charge in [-0.1, -0.05) is 25.0 Å². The van der Waals surface area contributed by atoms with Crippen LogP contribution in [0.5, 0.6) is 5.75 Å². The van der Waals surface area contributed by atoms with Crippen molar-refractivity contribution in [3.05, 3.63) is 29.8 Å². The van der Waals surface area contributed by atoms with Crippen LogP contribution >= 0.6 is 0 Å². The number of carbonyl (C=O) groups excluding carboxylic acids is 4. The van der Waals surface area contributed by atoms with Crippen molar-refractivity contribution in [2.45, 2.75) is 56.7 Å². The molecule has 4 amide bonds. The van der Waals surface area contributed by atoms with E-state index in [1.807, 2.05) is 0 Å². The van der Waals surface area contributed by atoms with Crippen LogP contribution in [0.1, 0.15) is 44.6 Å². The lowest BCUT2D eigenvalue weighted by atomic mass is 9.85. The minimum absolute atomic E-state index is 0.0610. The van der Waals surface area contributed by atoms with Gasteiger partial charge in [0.1, 0.15) is 23.9 Å². The number of hydrogen-bond acceptors (Lipinski definition) is 6. The van der Waals surface area contributed by atoms with Crippen LogP contribution in [0.4, 0.5) is 4.79 Å². The lowest BCUT2D eigenvalue weighted by molar-refractivity contribution is -0.153. The molecule has 0 bridgehead atoms. The average molecular weight is 444 g/mol. The van der Waals surface area contributed by atoms with Gasteiger partial charge in [-0.15, -0.1) is 0 Å². The quantitative estimate of drug-likeness (QED) is 0.550. The van der Waals surface area contributed by atoms with Crippen LogP contribution in [-0.2, 0) is 24.7 Å². The number of fused-ring (bicyclic) bond motifs is 1. The summed E-state index contributed by atoms with van der Waals surface area (Å²) in [5.41, 5.74) is -0.698.